The summed E-state index contributed by atoms with van der Waals surface area (Å²) in [6.45, 7) is 8.94. The summed E-state index contributed by atoms with van der Waals surface area (Å²) in [6.07, 6.45) is 0. The lowest BCUT2D eigenvalue weighted by Crippen LogP contribution is -2.40. The molecular formula is C17H29N3O2. The predicted molar refractivity (Wildman–Crippen MR) is 90.6 cm³/mol. The van der Waals surface area contributed by atoms with E-state index >= 15 is 0 Å². The Kier molecular flexibility index (Phi) is 7.18. The van der Waals surface area contributed by atoms with Gasteiger partial charge in [0.2, 0.25) is 0 Å². The van der Waals surface area contributed by atoms with E-state index in [4.69, 9.17) is 4.74 Å². The SMILES string of the molecule is CN(C)CCNC(=O)NCCOc1ccc(C(C)(C)C)cc1. The average Bonchev–Trinajstić information content (AvgIpc) is 2.43. The molecule has 0 bridgehead atoms. The molecule has 0 aliphatic carbocycles. The Labute approximate surface area is 134 Å². The van der Waals surface area contributed by atoms with Gasteiger partial charge < -0.3 is 20.3 Å². The highest BCUT2D eigenvalue weighted by Gasteiger charge is 2.12. The molecule has 0 spiro atoms. The van der Waals surface area contributed by atoms with Gasteiger partial charge in [0.25, 0.3) is 0 Å². The van der Waals surface area contributed by atoms with Gasteiger partial charge in [0.1, 0.15) is 12.4 Å². The van der Waals surface area contributed by atoms with Gasteiger partial charge in [-0.15, -0.1) is 0 Å². The highest BCUT2D eigenvalue weighted by molar-refractivity contribution is 5.73. The van der Waals surface area contributed by atoms with E-state index in [0.29, 0.717) is 19.7 Å². The van der Waals surface area contributed by atoms with Crippen molar-refractivity contribution in [2.45, 2.75) is 26.2 Å². The molecule has 1 aromatic rings. The number of rotatable bonds is 7. The minimum absolute atomic E-state index is 0.144. The highest BCUT2D eigenvalue weighted by atomic mass is 16.5. The summed E-state index contributed by atoms with van der Waals surface area (Å²) in [5.74, 6) is 0.822. The maximum Gasteiger partial charge on any atom is 0.314 e. The van der Waals surface area contributed by atoms with Crippen LogP contribution in [0.15, 0.2) is 24.3 Å². The lowest BCUT2D eigenvalue weighted by molar-refractivity contribution is 0.235. The van der Waals surface area contributed by atoms with Crippen LogP contribution in [0.5, 0.6) is 5.75 Å². The summed E-state index contributed by atoms with van der Waals surface area (Å²) in [4.78, 5) is 13.5. The minimum Gasteiger partial charge on any atom is -0.492 e. The van der Waals surface area contributed by atoms with Gasteiger partial charge in [0.05, 0.1) is 6.54 Å². The molecule has 0 heterocycles. The van der Waals surface area contributed by atoms with Crippen LogP contribution in [0.25, 0.3) is 0 Å². The second-order valence-corrected chi connectivity index (χ2v) is 6.61. The van der Waals surface area contributed by atoms with Crippen LogP contribution in [0.2, 0.25) is 0 Å². The van der Waals surface area contributed by atoms with E-state index in [2.05, 4.69) is 43.5 Å². The minimum atomic E-state index is -0.159. The van der Waals surface area contributed by atoms with E-state index in [1.165, 1.54) is 5.56 Å². The number of hydrogen-bond donors (Lipinski definition) is 2. The molecule has 22 heavy (non-hydrogen) atoms. The normalized spacial score (nSPS) is 11.4. The summed E-state index contributed by atoms with van der Waals surface area (Å²) in [6, 6.07) is 7.94. The molecule has 0 radical (unpaired) electrons. The second-order valence-electron chi connectivity index (χ2n) is 6.61. The van der Waals surface area contributed by atoms with Gasteiger partial charge >= 0.3 is 6.03 Å². The van der Waals surface area contributed by atoms with Gasteiger partial charge in [-0.2, -0.15) is 0 Å². The van der Waals surface area contributed by atoms with Crippen molar-refractivity contribution >= 4 is 6.03 Å². The molecule has 1 aromatic carbocycles. The molecule has 2 N–H and O–H groups in total. The van der Waals surface area contributed by atoms with E-state index in [1.54, 1.807) is 0 Å². The molecule has 2 amide bonds. The fourth-order valence-corrected chi connectivity index (χ4v) is 1.84. The van der Waals surface area contributed by atoms with Crippen molar-refractivity contribution in [3.8, 4) is 5.75 Å². The molecule has 0 saturated carbocycles. The van der Waals surface area contributed by atoms with Crippen molar-refractivity contribution in [1.29, 1.82) is 0 Å². The Morgan fingerprint density at radius 2 is 1.68 bits per heavy atom. The number of ether oxygens (including phenoxy) is 1. The molecule has 0 unspecified atom stereocenters. The Hall–Kier alpha value is -1.75. The molecule has 0 aliphatic rings. The summed E-state index contributed by atoms with van der Waals surface area (Å²) < 4.78 is 5.62. The van der Waals surface area contributed by atoms with Gasteiger partial charge in [-0.05, 0) is 37.2 Å². The summed E-state index contributed by atoms with van der Waals surface area (Å²) in [5, 5.41) is 5.56. The number of hydrogen-bond acceptors (Lipinski definition) is 3. The molecule has 1 rings (SSSR count). The quantitative estimate of drug-likeness (QED) is 0.760. The largest absolute Gasteiger partial charge is 0.492 e. The van der Waals surface area contributed by atoms with Gasteiger partial charge in [0.15, 0.2) is 0 Å². The number of carbonyl (C=O) groups excluding carboxylic acids is 1. The lowest BCUT2D eigenvalue weighted by atomic mass is 9.87. The van der Waals surface area contributed by atoms with Gasteiger partial charge in [-0.3, -0.25) is 0 Å². The van der Waals surface area contributed by atoms with Crippen molar-refractivity contribution < 1.29 is 9.53 Å². The summed E-state index contributed by atoms with van der Waals surface area (Å²) in [5.41, 5.74) is 1.42. The fraction of sp³-hybridized carbons (Fsp3) is 0.588. The molecule has 5 heteroatoms. The smallest absolute Gasteiger partial charge is 0.314 e. The first kappa shape index (κ1) is 18.3. The number of benzene rings is 1. The van der Waals surface area contributed by atoms with Gasteiger partial charge in [0, 0.05) is 13.1 Å². The highest BCUT2D eigenvalue weighted by Crippen LogP contribution is 2.24. The Morgan fingerprint density at radius 1 is 1.09 bits per heavy atom. The van der Waals surface area contributed by atoms with Gasteiger partial charge in [-0.1, -0.05) is 32.9 Å². The Morgan fingerprint density at radius 3 is 2.23 bits per heavy atom. The number of amides is 2. The zero-order valence-corrected chi connectivity index (χ0v) is 14.4. The topological polar surface area (TPSA) is 53.6 Å². The lowest BCUT2D eigenvalue weighted by Gasteiger charge is -2.19. The van der Waals surface area contributed by atoms with Crippen LogP contribution in [0, 0.1) is 0 Å². The number of carbonyl (C=O) groups is 1. The van der Waals surface area contributed by atoms with Crippen molar-refractivity contribution in [2.24, 2.45) is 0 Å². The number of nitrogens with one attached hydrogen (secondary N) is 2. The predicted octanol–water partition coefficient (Wildman–Crippen LogP) is 2.22. The van der Waals surface area contributed by atoms with Crippen molar-refractivity contribution in [3.05, 3.63) is 29.8 Å². The van der Waals surface area contributed by atoms with Crippen molar-refractivity contribution in [3.63, 3.8) is 0 Å². The van der Waals surface area contributed by atoms with E-state index in [0.717, 1.165) is 12.3 Å². The van der Waals surface area contributed by atoms with Gasteiger partial charge in [-0.25, -0.2) is 4.79 Å². The molecule has 0 aliphatic heterocycles. The van der Waals surface area contributed by atoms with E-state index in [1.807, 2.05) is 31.1 Å². The van der Waals surface area contributed by atoms with Crippen LogP contribution in [-0.2, 0) is 5.41 Å². The monoisotopic (exact) mass is 307 g/mol. The molecule has 0 saturated heterocycles. The first-order chi connectivity index (χ1) is 10.3. The first-order valence-electron chi connectivity index (χ1n) is 7.69. The third-order valence-electron chi connectivity index (χ3n) is 3.22. The van der Waals surface area contributed by atoms with Crippen molar-refractivity contribution in [1.82, 2.24) is 15.5 Å². The Bertz CT molecular complexity index is 450. The standard InChI is InChI=1S/C17H29N3O2/c1-17(2,3)14-6-8-15(9-7-14)22-13-11-19-16(21)18-10-12-20(4)5/h6-9H,10-13H2,1-5H3,(H2,18,19,21). The van der Waals surface area contributed by atoms with E-state index < -0.39 is 0 Å². The molecule has 124 valence electrons. The van der Waals surface area contributed by atoms with E-state index in [-0.39, 0.29) is 11.4 Å². The number of likely N-dealkylation sites (N-methyl/N-ethyl adjacent to an activating group) is 1. The third kappa shape index (κ3) is 7.31. The van der Waals surface area contributed by atoms with Crippen LogP contribution < -0.4 is 15.4 Å². The van der Waals surface area contributed by atoms with Crippen LogP contribution in [-0.4, -0.2) is 51.3 Å². The Balaban J connectivity index is 2.20. The van der Waals surface area contributed by atoms with Crippen LogP contribution in [0.4, 0.5) is 4.79 Å². The molecule has 0 fully saturated rings. The van der Waals surface area contributed by atoms with Crippen LogP contribution >= 0.6 is 0 Å². The first-order valence-corrected chi connectivity index (χ1v) is 7.69. The maximum atomic E-state index is 11.5. The molecule has 0 atom stereocenters. The molecular weight excluding hydrogens is 278 g/mol. The average molecular weight is 307 g/mol. The van der Waals surface area contributed by atoms with Crippen LogP contribution in [0.3, 0.4) is 0 Å². The number of urea groups is 1. The van der Waals surface area contributed by atoms with Crippen LogP contribution in [0.1, 0.15) is 26.3 Å². The summed E-state index contributed by atoms with van der Waals surface area (Å²) in [7, 11) is 3.94. The second kappa shape index (κ2) is 8.63. The summed E-state index contributed by atoms with van der Waals surface area (Å²) >= 11 is 0. The zero-order chi connectivity index (χ0) is 16.6. The van der Waals surface area contributed by atoms with E-state index in [9.17, 15) is 4.79 Å². The maximum absolute atomic E-state index is 11.5. The molecule has 5 nitrogen and oxygen atoms in total. The fourth-order valence-electron chi connectivity index (χ4n) is 1.84. The third-order valence-corrected chi connectivity index (χ3v) is 3.22. The number of nitrogens with zero attached hydrogens (tertiary/aromatic N) is 1. The van der Waals surface area contributed by atoms with Crippen molar-refractivity contribution in [2.75, 3.05) is 40.3 Å². The molecule has 0 aromatic heterocycles. The zero-order valence-electron chi connectivity index (χ0n) is 14.4.